The molecule has 1 aliphatic heterocycles. The molecule has 3 unspecified atom stereocenters. The molecule has 4 nitrogen and oxygen atoms in total. The van der Waals surface area contributed by atoms with Crippen LogP contribution in [0.2, 0.25) is 0 Å². The molecule has 32 heavy (non-hydrogen) atoms. The molecule has 1 saturated carbocycles. The van der Waals surface area contributed by atoms with Gasteiger partial charge in [0.15, 0.2) is 0 Å². The van der Waals surface area contributed by atoms with Crippen molar-refractivity contribution < 1.29 is 18.0 Å². The summed E-state index contributed by atoms with van der Waals surface area (Å²) >= 11 is 0. The quantitative estimate of drug-likeness (QED) is 0.563. The minimum Gasteiger partial charge on any atom is -0.385 e. The molecule has 174 valence electrons. The smallest absolute Gasteiger partial charge is 0.385 e. The first-order valence-corrected chi connectivity index (χ1v) is 11.3. The van der Waals surface area contributed by atoms with Crippen molar-refractivity contribution in [1.29, 1.82) is 0 Å². The number of benzene rings is 2. The zero-order chi connectivity index (χ0) is 23.0. The summed E-state index contributed by atoms with van der Waals surface area (Å²) in [5.74, 6) is 0.215. The number of halogens is 3. The van der Waals surface area contributed by atoms with Gasteiger partial charge in [-0.25, -0.2) is 0 Å². The standard InChI is InChI=1S/C19H26F3N3O.C6H6/c1-23-7-2-8-24-18(26)12-3-4-13-11-25-17-6-5-14(19(20,21)22)10-16(17)15(13)9-12;1-2-4-6-5-3-1/h5-6,10,12-13,15,23,25H,2-4,7-9,11H2,1H3,(H,24,26);1-6H. The number of fused-ring (bicyclic) bond motifs is 3. The third kappa shape index (κ3) is 6.48. The minimum absolute atomic E-state index is 0.00959. The minimum atomic E-state index is -4.35. The van der Waals surface area contributed by atoms with E-state index in [-0.39, 0.29) is 17.7 Å². The monoisotopic (exact) mass is 447 g/mol. The number of alkyl halides is 3. The van der Waals surface area contributed by atoms with Crippen LogP contribution in [0.4, 0.5) is 18.9 Å². The van der Waals surface area contributed by atoms with Crippen LogP contribution in [-0.2, 0) is 11.0 Å². The summed E-state index contributed by atoms with van der Waals surface area (Å²) in [6.07, 6.45) is -1.20. The van der Waals surface area contributed by atoms with Gasteiger partial charge in [-0.1, -0.05) is 36.4 Å². The molecule has 1 aliphatic carbocycles. The Kier molecular flexibility index (Phi) is 8.56. The van der Waals surface area contributed by atoms with Crippen LogP contribution in [0.3, 0.4) is 0 Å². The Balaban J connectivity index is 0.000000416. The number of rotatable bonds is 5. The second kappa shape index (κ2) is 11.4. The van der Waals surface area contributed by atoms with Crippen LogP contribution < -0.4 is 16.0 Å². The highest BCUT2D eigenvalue weighted by Crippen LogP contribution is 2.47. The summed E-state index contributed by atoms with van der Waals surface area (Å²) in [4.78, 5) is 12.4. The number of hydrogen-bond donors (Lipinski definition) is 3. The van der Waals surface area contributed by atoms with Gasteiger partial charge in [0.2, 0.25) is 5.91 Å². The van der Waals surface area contributed by atoms with Gasteiger partial charge in [0.05, 0.1) is 5.56 Å². The van der Waals surface area contributed by atoms with E-state index in [2.05, 4.69) is 16.0 Å². The van der Waals surface area contributed by atoms with Crippen molar-refractivity contribution in [2.24, 2.45) is 11.8 Å². The Morgan fingerprint density at radius 2 is 1.75 bits per heavy atom. The molecule has 0 aromatic heterocycles. The van der Waals surface area contributed by atoms with Crippen LogP contribution in [0.15, 0.2) is 54.6 Å². The lowest BCUT2D eigenvalue weighted by Gasteiger charge is -2.40. The average molecular weight is 448 g/mol. The predicted molar refractivity (Wildman–Crippen MR) is 122 cm³/mol. The van der Waals surface area contributed by atoms with Gasteiger partial charge in [-0.05, 0) is 74.9 Å². The van der Waals surface area contributed by atoms with Gasteiger partial charge in [-0.2, -0.15) is 13.2 Å². The lowest BCUT2D eigenvalue weighted by atomic mass is 9.68. The summed E-state index contributed by atoms with van der Waals surface area (Å²) in [7, 11) is 1.87. The van der Waals surface area contributed by atoms with Crippen molar-refractivity contribution in [3.8, 4) is 0 Å². The van der Waals surface area contributed by atoms with E-state index in [1.54, 1.807) is 0 Å². The highest BCUT2D eigenvalue weighted by atomic mass is 19.4. The van der Waals surface area contributed by atoms with E-state index >= 15 is 0 Å². The molecule has 3 N–H and O–H groups in total. The maximum absolute atomic E-state index is 13.1. The SMILES string of the molecule is CNCCCNC(=O)C1CCC2CNc3ccc(C(F)(F)F)cc3C2C1.c1ccccc1. The zero-order valence-corrected chi connectivity index (χ0v) is 18.4. The Hall–Kier alpha value is -2.54. The number of anilines is 1. The molecule has 2 aromatic rings. The summed E-state index contributed by atoms with van der Waals surface area (Å²) < 4.78 is 39.3. The van der Waals surface area contributed by atoms with E-state index in [4.69, 9.17) is 0 Å². The zero-order valence-electron chi connectivity index (χ0n) is 18.4. The first-order valence-electron chi connectivity index (χ1n) is 11.3. The van der Waals surface area contributed by atoms with Gasteiger partial charge in [0, 0.05) is 24.7 Å². The van der Waals surface area contributed by atoms with Gasteiger partial charge < -0.3 is 16.0 Å². The van der Waals surface area contributed by atoms with Crippen LogP contribution in [0, 0.1) is 11.8 Å². The molecular weight excluding hydrogens is 415 g/mol. The first kappa shape index (κ1) is 24.1. The molecule has 1 amide bonds. The van der Waals surface area contributed by atoms with E-state index < -0.39 is 11.7 Å². The molecule has 3 atom stereocenters. The van der Waals surface area contributed by atoms with Gasteiger partial charge in [0.25, 0.3) is 0 Å². The third-order valence-corrected chi connectivity index (χ3v) is 6.27. The highest BCUT2D eigenvalue weighted by Gasteiger charge is 2.39. The first-order chi connectivity index (χ1) is 15.4. The number of amides is 1. The van der Waals surface area contributed by atoms with E-state index in [9.17, 15) is 18.0 Å². The topological polar surface area (TPSA) is 53.2 Å². The fourth-order valence-corrected chi connectivity index (χ4v) is 4.55. The van der Waals surface area contributed by atoms with E-state index in [1.165, 1.54) is 12.1 Å². The third-order valence-electron chi connectivity index (χ3n) is 6.27. The molecular formula is C25H32F3N3O. The summed E-state index contributed by atoms with van der Waals surface area (Å²) in [5, 5.41) is 9.26. The maximum atomic E-state index is 13.1. The van der Waals surface area contributed by atoms with Crippen molar-refractivity contribution in [3.63, 3.8) is 0 Å². The molecule has 7 heteroatoms. The predicted octanol–water partition coefficient (Wildman–Crippen LogP) is 5.04. The normalized spacial score (nSPS) is 21.8. The molecule has 4 rings (SSSR count). The fraction of sp³-hybridized carbons (Fsp3) is 0.480. The Bertz CT molecular complexity index is 831. The second-order valence-electron chi connectivity index (χ2n) is 8.46. The summed E-state index contributed by atoms with van der Waals surface area (Å²) in [5.41, 5.74) is 0.871. The number of carbonyl (C=O) groups is 1. The summed E-state index contributed by atoms with van der Waals surface area (Å²) in [6, 6.07) is 15.9. The van der Waals surface area contributed by atoms with Crippen LogP contribution in [-0.4, -0.2) is 32.6 Å². The maximum Gasteiger partial charge on any atom is 0.416 e. The largest absolute Gasteiger partial charge is 0.416 e. The molecule has 2 aliphatic rings. The van der Waals surface area contributed by atoms with Crippen LogP contribution in [0.1, 0.15) is 42.7 Å². The van der Waals surface area contributed by atoms with E-state index in [1.807, 2.05) is 43.4 Å². The highest BCUT2D eigenvalue weighted by molar-refractivity contribution is 5.79. The van der Waals surface area contributed by atoms with Crippen molar-refractivity contribution in [2.45, 2.75) is 37.8 Å². The van der Waals surface area contributed by atoms with Gasteiger partial charge in [-0.15, -0.1) is 0 Å². The van der Waals surface area contributed by atoms with Gasteiger partial charge in [0.1, 0.15) is 0 Å². The lowest BCUT2D eigenvalue weighted by molar-refractivity contribution is -0.137. The molecule has 1 fully saturated rings. The number of carbonyl (C=O) groups excluding carboxylic acids is 1. The van der Waals surface area contributed by atoms with E-state index in [0.717, 1.165) is 44.1 Å². The molecule has 0 bridgehead atoms. The molecule has 1 heterocycles. The molecule has 0 saturated heterocycles. The fourth-order valence-electron chi connectivity index (χ4n) is 4.55. The van der Waals surface area contributed by atoms with Crippen LogP contribution in [0.5, 0.6) is 0 Å². The van der Waals surface area contributed by atoms with Crippen LogP contribution in [0.25, 0.3) is 0 Å². The van der Waals surface area contributed by atoms with Gasteiger partial charge in [-0.3, -0.25) is 4.79 Å². The summed E-state index contributed by atoms with van der Waals surface area (Å²) in [6.45, 7) is 2.23. The van der Waals surface area contributed by atoms with Crippen molar-refractivity contribution in [1.82, 2.24) is 10.6 Å². The van der Waals surface area contributed by atoms with Crippen molar-refractivity contribution in [3.05, 3.63) is 65.7 Å². The van der Waals surface area contributed by atoms with Crippen molar-refractivity contribution in [2.75, 3.05) is 32.0 Å². The number of hydrogen-bond acceptors (Lipinski definition) is 3. The Labute approximate surface area is 188 Å². The molecule has 0 radical (unpaired) electrons. The van der Waals surface area contributed by atoms with Crippen LogP contribution >= 0.6 is 0 Å². The molecule has 2 aromatic carbocycles. The molecule has 0 spiro atoms. The Morgan fingerprint density at radius 3 is 2.38 bits per heavy atom. The number of nitrogens with one attached hydrogen (secondary N) is 3. The second-order valence-corrected chi connectivity index (χ2v) is 8.46. The van der Waals surface area contributed by atoms with Crippen molar-refractivity contribution >= 4 is 11.6 Å². The lowest BCUT2D eigenvalue weighted by Crippen LogP contribution is -2.39. The van der Waals surface area contributed by atoms with E-state index in [0.29, 0.717) is 24.4 Å². The average Bonchev–Trinajstić information content (AvgIpc) is 2.82. The Morgan fingerprint density at radius 1 is 1.06 bits per heavy atom. The van der Waals surface area contributed by atoms with Gasteiger partial charge >= 0.3 is 6.18 Å².